The minimum absolute atomic E-state index is 0.172. The zero-order valence-corrected chi connectivity index (χ0v) is 13.2. The molecule has 0 unspecified atom stereocenters. The first-order valence-electron chi connectivity index (χ1n) is 6.11. The second-order valence-electron chi connectivity index (χ2n) is 4.07. The van der Waals surface area contributed by atoms with Gasteiger partial charge < -0.3 is 4.74 Å². The fraction of sp³-hybridized carbons (Fsp3) is 0.357. The molecule has 2 rings (SSSR count). The molecule has 0 atom stereocenters. The van der Waals surface area contributed by atoms with Crippen molar-refractivity contribution in [1.29, 1.82) is 0 Å². The van der Waals surface area contributed by atoms with E-state index in [0.29, 0.717) is 18.8 Å². The SMILES string of the molecule is CCC(C(=O)OCCS)(c1cccs1)c1cccs1. The maximum absolute atomic E-state index is 12.6. The highest BCUT2D eigenvalue weighted by atomic mass is 32.1. The van der Waals surface area contributed by atoms with Crippen LogP contribution in [0.3, 0.4) is 0 Å². The van der Waals surface area contributed by atoms with Gasteiger partial charge in [-0.25, -0.2) is 0 Å². The van der Waals surface area contributed by atoms with Gasteiger partial charge in [0.15, 0.2) is 0 Å². The van der Waals surface area contributed by atoms with Crippen molar-refractivity contribution in [2.75, 3.05) is 12.4 Å². The summed E-state index contributed by atoms with van der Waals surface area (Å²) in [6, 6.07) is 7.97. The van der Waals surface area contributed by atoms with Crippen LogP contribution in [-0.2, 0) is 14.9 Å². The van der Waals surface area contributed by atoms with E-state index in [4.69, 9.17) is 4.74 Å². The van der Waals surface area contributed by atoms with Crippen molar-refractivity contribution in [3.63, 3.8) is 0 Å². The van der Waals surface area contributed by atoms with E-state index >= 15 is 0 Å². The maximum atomic E-state index is 12.6. The fourth-order valence-electron chi connectivity index (χ4n) is 2.12. The van der Waals surface area contributed by atoms with E-state index in [1.165, 1.54) is 0 Å². The van der Waals surface area contributed by atoms with Crippen LogP contribution in [-0.4, -0.2) is 18.3 Å². The van der Waals surface area contributed by atoms with Gasteiger partial charge in [-0.15, -0.1) is 22.7 Å². The first-order chi connectivity index (χ1) is 9.25. The molecule has 0 aliphatic heterocycles. The number of thiophene rings is 2. The number of rotatable bonds is 6. The summed E-state index contributed by atoms with van der Waals surface area (Å²) in [5.74, 6) is 0.370. The molecular formula is C14H16O2S3. The van der Waals surface area contributed by atoms with E-state index in [2.05, 4.69) is 12.6 Å². The standard InChI is InChI=1S/C14H16O2S3/c1-2-14(11-5-3-9-18-11,12-6-4-10-19-12)13(15)16-7-8-17/h3-6,9-10,17H,2,7-8H2,1H3. The molecular weight excluding hydrogens is 296 g/mol. The quantitative estimate of drug-likeness (QED) is 0.645. The highest BCUT2D eigenvalue weighted by Crippen LogP contribution is 2.41. The lowest BCUT2D eigenvalue weighted by Crippen LogP contribution is -2.37. The maximum Gasteiger partial charge on any atom is 0.322 e. The van der Waals surface area contributed by atoms with Crippen LogP contribution in [0.2, 0.25) is 0 Å². The van der Waals surface area contributed by atoms with Crippen LogP contribution in [0.15, 0.2) is 35.0 Å². The zero-order chi connectivity index (χ0) is 13.7. The molecule has 2 nitrogen and oxygen atoms in total. The van der Waals surface area contributed by atoms with Gasteiger partial charge in [0.05, 0.1) is 0 Å². The predicted molar refractivity (Wildman–Crippen MR) is 84.5 cm³/mol. The first-order valence-corrected chi connectivity index (χ1v) is 8.51. The molecule has 2 heterocycles. The molecule has 0 fully saturated rings. The first kappa shape index (κ1) is 14.6. The monoisotopic (exact) mass is 312 g/mol. The third kappa shape index (κ3) is 2.73. The third-order valence-corrected chi connectivity index (χ3v) is 5.33. The van der Waals surface area contributed by atoms with E-state index in [9.17, 15) is 4.79 Å². The molecule has 2 aromatic rings. The van der Waals surface area contributed by atoms with Crippen molar-refractivity contribution in [3.8, 4) is 0 Å². The number of hydrogen-bond acceptors (Lipinski definition) is 5. The number of carbonyl (C=O) groups excluding carboxylic acids is 1. The van der Waals surface area contributed by atoms with E-state index in [0.717, 1.165) is 9.75 Å². The summed E-state index contributed by atoms with van der Waals surface area (Å²) in [7, 11) is 0. The predicted octanol–water partition coefficient (Wildman–Crippen LogP) is 3.98. The van der Waals surface area contributed by atoms with E-state index in [-0.39, 0.29) is 5.97 Å². The molecule has 0 saturated carbocycles. The van der Waals surface area contributed by atoms with Crippen LogP contribution in [0.5, 0.6) is 0 Å². The fourth-order valence-corrected chi connectivity index (χ4v) is 4.28. The molecule has 19 heavy (non-hydrogen) atoms. The average molecular weight is 312 g/mol. The lowest BCUT2D eigenvalue weighted by molar-refractivity contribution is -0.148. The zero-order valence-electron chi connectivity index (χ0n) is 10.7. The molecule has 0 bridgehead atoms. The highest BCUT2D eigenvalue weighted by molar-refractivity contribution is 7.80. The van der Waals surface area contributed by atoms with Gasteiger partial charge in [-0.1, -0.05) is 19.1 Å². The summed E-state index contributed by atoms with van der Waals surface area (Å²) in [4.78, 5) is 14.7. The van der Waals surface area contributed by atoms with E-state index < -0.39 is 5.41 Å². The van der Waals surface area contributed by atoms with Gasteiger partial charge in [0.1, 0.15) is 12.0 Å². The number of esters is 1. The van der Waals surface area contributed by atoms with Crippen molar-refractivity contribution in [3.05, 3.63) is 44.8 Å². The van der Waals surface area contributed by atoms with Gasteiger partial charge in [-0.05, 0) is 29.3 Å². The Balaban J connectivity index is 2.45. The Hall–Kier alpha value is -0.780. The van der Waals surface area contributed by atoms with Crippen LogP contribution in [0.4, 0.5) is 0 Å². The Morgan fingerprint density at radius 3 is 2.21 bits per heavy atom. The van der Waals surface area contributed by atoms with Gasteiger partial charge in [-0.3, -0.25) is 4.79 Å². The lowest BCUT2D eigenvalue weighted by Gasteiger charge is -2.28. The molecule has 102 valence electrons. The van der Waals surface area contributed by atoms with E-state index in [1.807, 2.05) is 41.9 Å². The Bertz CT molecular complexity index is 469. The molecule has 0 aromatic carbocycles. The van der Waals surface area contributed by atoms with Gasteiger partial charge in [-0.2, -0.15) is 12.6 Å². The van der Waals surface area contributed by atoms with Crippen LogP contribution < -0.4 is 0 Å². The molecule has 0 spiro atoms. The van der Waals surface area contributed by atoms with Crippen LogP contribution >= 0.6 is 35.3 Å². The Morgan fingerprint density at radius 2 is 1.84 bits per heavy atom. The summed E-state index contributed by atoms with van der Waals surface area (Å²) in [5.41, 5.74) is -0.661. The summed E-state index contributed by atoms with van der Waals surface area (Å²) in [6.07, 6.45) is 0.694. The Labute approximate surface area is 126 Å². The molecule has 0 N–H and O–H groups in total. The molecule has 5 heteroatoms. The van der Waals surface area contributed by atoms with E-state index in [1.54, 1.807) is 22.7 Å². The Morgan fingerprint density at radius 1 is 1.26 bits per heavy atom. The number of carbonyl (C=O) groups is 1. The normalized spacial score (nSPS) is 11.5. The van der Waals surface area contributed by atoms with Gasteiger partial charge in [0.2, 0.25) is 0 Å². The highest BCUT2D eigenvalue weighted by Gasteiger charge is 2.43. The molecule has 0 aliphatic carbocycles. The number of thiol groups is 1. The van der Waals surface area contributed by atoms with Crippen molar-refractivity contribution in [2.45, 2.75) is 18.8 Å². The summed E-state index contributed by atoms with van der Waals surface area (Å²) < 4.78 is 5.39. The summed E-state index contributed by atoms with van der Waals surface area (Å²) in [5, 5.41) is 4.00. The molecule has 2 aromatic heterocycles. The molecule has 0 aliphatic rings. The van der Waals surface area contributed by atoms with Crippen LogP contribution in [0.1, 0.15) is 23.1 Å². The second-order valence-corrected chi connectivity index (χ2v) is 6.42. The average Bonchev–Trinajstić information content (AvgIpc) is 3.11. The lowest BCUT2D eigenvalue weighted by atomic mass is 9.82. The smallest absolute Gasteiger partial charge is 0.322 e. The number of hydrogen-bond donors (Lipinski definition) is 1. The van der Waals surface area contributed by atoms with Crippen molar-refractivity contribution < 1.29 is 9.53 Å². The van der Waals surface area contributed by atoms with Crippen molar-refractivity contribution in [2.24, 2.45) is 0 Å². The third-order valence-electron chi connectivity index (χ3n) is 3.09. The number of ether oxygens (including phenoxy) is 1. The van der Waals surface area contributed by atoms with Crippen LogP contribution in [0, 0.1) is 0 Å². The molecule has 0 saturated heterocycles. The topological polar surface area (TPSA) is 26.3 Å². The van der Waals surface area contributed by atoms with Crippen LogP contribution in [0.25, 0.3) is 0 Å². The van der Waals surface area contributed by atoms with Crippen molar-refractivity contribution >= 4 is 41.3 Å². The van der Waals surface area contributed by atoms with Gasteiger partial charge in [0.25, 0.3) is 0 Å². The molecule has 0 amide bonds. The summed E-state index contributed by atoms with van der Waals surface area (Å²) in [6.45, 7) is 2.38. The second kappa shape index (κ2) is 6.59. The van der Waals surface area contributed by atoms with Crippen molar-refractivity contribution in [1.82, 2.24) is 0 Å². The Kier molecular flexibility index (Phi) is 5.07. The summed E-state index contributed by atoms with van der Waals surface area (Å²) >= 11 is 7.30. The minimum Gasteiger partial charge on any atom is -0.464 e. The van der Waals surface area contributed by atoms with Gasteiger partial charge >= 0.3 is 5.97 Å². The largest absolute Gasteiger partial charge is 0.464 e. The minimum atomic E-state index is -0.661. The van der Waals surface area contributed by atoms with Gasteiger partial charge in [0, 0.05) is 15.5 Å². The molecule has 0 radical (unpaired) electrons.